The van der Waals surface area contributed by atoms with Gasteiger partial charge < -0.3 is 0 Å². The van der Waals surface area contributed by atoms with Crippen molar-refractivity contribution in [3.05, 3.63) is 24.3 Å². The number of hydrogen-bond donors (Lipinski definition) is 0. The van der Waals surface area contributed by atoms with Crippen LogP contribution in [0.5, 0.6) is 0 Å². The Hall–Kier alpha value is -2.62. The fraction of sp³-hybridized carbons (Fsp3) is 0.438. The zero-order chi connectivity index (χ0) is 19.5. The number of urea groups is 1. The summed E-state index contributed by atoms with van der Waals surface area (Å²) in [6.45, 7) is 1.91. The summed E-state index contributed by atoms with van der Waals surface area (Å²) in [7, 11) is -0.832. The Kier molecular flexibility index (Phi) is 5.86. The third-order valence-corrected chi connectivity index (χ3v) is 5.77. The Labute approximate surface area is 151 Å². The highest BCUT2D eigenvalue weighted by Gasteiger charge is 2.42. The van der Waals surface area contributed by atoms with Gasteiger partial charge in [-0.2, -0.15) is 10.2 Å². The number of likely N-dealkylation sites (N-methyl/N-ethyl adjacent to an activating group) is 2. The quantitative estimate of drug-likeness (QED) is 0.551. The molecule has 0 saturated carbocycles. The number of carbonyl (C=O) groups excluding carboxylic acids is 3. The smallest absolute Gasteiger partial charge is 0.271 e. The molecular weight excluding hydrogens is 360 g/mol. The highest BCUT2D eigenvalue weighted by molar-refractivity contribution is 7.91. The highest BCUT2D eigenvalue weighted by Crippen LogP contribution is 2.20. The SMILES string of the molecule is CCCCS(=O)(=O)c1ccc(N=NC2C(=O)N(C)C(=O)N(C)C2=O)cc1. The predicted molar refractivity (Wildman–Crippen MR) is 92.6 cm³/mol. The van der Waals surface area contributed by atoms with Gasteiger partial charge in [-0.3, -0.25) is 19.4 Å². The maximum atomic E-state index is 12.1. The zero-order valence-electron chi connectivity index (χ0n) is 14.7. The van der Waals surface area contributed by atoms with E-state index in [-0.39, 0.29) is 10.6 Å². The monoisotopic (exact) mass is 380 g/mol. The van der Waals surface area contributed by atoms with Crippen LogP contribution in [0.3, 0.4) is 0 Å². The molecule has 1 heterocycles. The first-order valence-electron chi connectivity index (χ1n) is 8.01. The lowest BCUT2D eigenvalue weighted by atomic mass is 10.2. The van der Waals surface area contributed by atoms with E-state index in [4.69, 9.17) is 0 Å². The van der Waals surface area contributed by atoms with Crippen molar-refractivity contribution in [1.82, 2.24) is 9.80 Å². The van der Waals surface area contributed by atoms with Crippen LogP contribution in [-0.4, -0.2) is 62.0 Å². The Morgan fingerprint density at radius 2 is 1.54 bits per heavy atom. The molecule has 1 aliphatic heterocycles. The van der Waals surface area contributed by atoms with E-state index in [1.54, 1.807) is 0 Å². The summed E-state index contributed by atoms with van der Waals surface area (Å²) >= 11 is 0. The molecule has 0 radical (unpaired) electrons. The molecule has 1 aromatic rings. The molecule has 1 aromatic carbocycles. The van der Waals surface area contributed by atoms with Crippen molar-refractivity contribution in [2.24, 2.45) is 10.2 Å². The van der Waals surface area contributed by atoms with Gasteiger partial charge in [-0.1, -0.05) is 13.3 Å². The number of benzene rings is 1. The fourth-order valence-corrected chi connectivity index (χ4v) is 3.74. The molecule has 0 aromatic heterocycles. The Morgan fingerprint density at radius 1 is 1.00 bits per heavy atom. The van der Waals surface area contributed by atoms with E-state index >= 15 is 0 Å². The normalized spacial score (nSPS) is 16.8. The molecule has 4 amide bonds. The summed E-state index contributed by atoms with van der Waals surface area (Å²) in [6.07, 6.45) is 1.36. The lowest BCUT2D eigenvalue weighted by Crippen LogP contribution is -2.58. The molecular formula is C16H20N4O5S. The van der Waals surface area contributed by atoms with Crippen molar-refractivity contribution in [3.63, 3.8) is 0 Å². The second kappa shape index (κ2) is 7.73. The van der Waals surface area contributed by atoms with Crippen LogP contribution in [0.1, 0.15) is 19.8 Å². The van der Waals surface area contributed by atoms with E-state index in [2.05, 4.69) is 10.2 Å². The van der Waals surface area contributed by atoms with Gasteiger partial charge in [-0.05, 0) is 30.7 Å². The third kappa shape index (κ3) is 3.96. The maximum absolute atomic E-state index is 12.1. The van der Waals surface area contributed by atoms with Gasteiger partial charge in [0.2, 0.25) is 6.04 Å². The number of sulfone groups is 1. The van der Waals surface area contributed by atoms with E-state index in [1.807, 2.05) is 6.92 Å². The van der Waals surface area contributed by atoms with Gasteiger partial charge in [0.1, 0.15) is 0 Å². The Morgan fingerprint density at radius 3 is 2.04 bits per heavy atom. The third-order valence-electron chi connectivity index (χ3n) is 3.95. The summed E-state index contributed by atoms with van der Waals surface area (Å²) in [6, 6.07) is 3.54. The summed E-state index contributed by atoms with van der Waals surface area (Å²) in [5, 5.41) is 7.57. The molecule has 10 heteroatoms. The van der Waals surface area contributed by atoms with Gasteiger partial charge >= 0.3 is 6.03 Å². The molecule has 26 heavy (non-hydrogen) atoms. The first-order valence-corrected chi connectivity index (χ1v) is 9.67. The lowest BCUT2D eigenvalue weighted by molar-refractivity contribution is -0.143. The summed E-state index contributed by atoms with van der Waals surface area (Å²) in [4.78, 5) is 37.5. The lowest BCUT2D eigenvalue weighted by Gasteiger charge is -2.30. The van der Waals surface area contributed by atoms with Crippen LogP contribution in [0, 0.1) is 0 Å². The number of hydrogen-bond acceptors (Lipinski definition) is 7. The number of nitrogens with zero attached hydrogens (tertiary/aromatic N) is 4. The summed E-state index contributed by atoms with van der Waals surface area (Å²) in [5.74, 6) is -1.46. The van der Waals surface area contributed by atoms with E-state index < -0.39 is 33.7 Å². The van der Waals surface area contributed by atoms with Crippen LogP contribution in [0.4, 0.5) is 10.5 Å². The van der Waals surface area contributed by atoms with Gasteiger partial charge in [0.25, 0.3) is 11.8 Å². The van der Waals surface area contributed by atoms with Crippen molar-refractivity contribution >= 4 is 33.4 Å². The topological polar surface area (TPSA) is 117 Å². The molecule has 9 nitrogen and oxygen atoms in total. The molecule has 0 aliphatic carbocycles. The molecule has 0 unspecified atom stereocenters. The molecule has 2 rings (SSSR count). The maximum Gasteiger partial charge on any atom is 0.333 e. The number of amides is 4. The first kappa shape index (κ1) is 19.7. The second-order valence-electron chi connectivity index (χ2n) is 5.86. The van der Waals surface area contributed by atoms with Crippen molar-refractivity contribution < 1.29 is 22.8 Å². The predicted octanol–water partition coefficient (Wildman–Crippen LogP) is 1.76. The van der Waals surface area contributed by atoms with Crippen molar-refractivity contribution in [2.45, 2.75) is 30.7 Å². The van der Waals surface area contributed by atoms with E-state index in [0.717, 1.165) is 16.2 Å². The average molecular weight is 380 g/mol. The van der Waals surface area contributed by atoms with Crippen LogP contribution in [0.15, 0.2) is 39.4 Å². The molecule has 1 fully saturated rings. The van der Waals surface area contributed by atoms with Gasteiger partial charge in [-0.15, -0.1) is 0 Å². The number of imide groups is 2. The largest absolute Gasteiger partial charge is 0.333 e. The van der Waals surface area contributed by atoms with Crippen LogP contribution in [-0.2, 0) is 19.4 Å². The number of unbranched alkanes of at least 4 members (excludes halogenated alkanes) is 1. The van der Waals surface area contributed by atoms with E-state index in [9.17, 15) is 22.8 Å². The van der Waals surface area contributed by atoms with Crippen LogP contribution < -0.4 is 0 Å². The molecule has 0 spiro atoms. The van der Waals surface area contributed by atoms with Crippen LogP contribution >= 0.6 is 0 Å². The van der Waals surface area contributed by atoms with E-state index in [1.165, 1.54) is 38.4 Å². The number of azo groups is 1. The molecule has 1 saturated heterocycles. The minimum Gasteiger partial charge on any atom is -0.271 e. The average Bonchev–Trinajstić information content (AvgIpc) is 2.63. The molecule has 0 bridgehead atoms. The van der Waals surface area contributed by atoms with Gasteiger partial charge in [-0.25, -0.2) is 13.2 Å². The second-order valence-corrected chi connectivity index (χ2v) is 7.97. The first-order chi connectivity index (χ1) is 12.2. The molecule has 1 aliphatic rings. The minimum atomic E-state index is -3.34. The van der Waals surface area contributed by atoms with Crippen LogP contribution in [0.25, 0.3) is 0 Å². The van der Waals surface area contributed by atoms with Gasteiger partial charge in [0, 0.05) is 14.1 Å². The van der Waals surface area contributed by atoms with Crippen molar-refractivity contribution in [3.8, 4) is 0 Å². The van der Waals surface area contributed by atoms with Gasteiger partial charge in [0.15, 0.2) is 9.84 Å². The van der Waals surface area contributed by atoms with Crippen molar-refractivity contribution in [2.75, 3.05) is 19.8 Å². The number of barbiturate groups is 1. The standard InChI is InChI=1S/C16H20N4O5S/c1-4-5-10-26(24,25)12-8-6-11(7-9-12)17-18-13-14(21)19(2)16(23)20(3)15(13)22/h6-9,13H,4-5,10H2,1-3H3. The van der Waals surface area contributed by atoms with Crippen molar-refractivity contribution in [1.29, 1.82) is 0 Å². The Bertz CT molecular complexity index is 824. The molecule has 0 atom stereocenters. The zero-order valence-corrected chi connectivity index (χ0v) is 15.6. The highest BCUT2D eigenvalue weighted by atomic mass is 32.2. The summed E-state index contributed by atoms with van der Waals surface area (Å²) in [5.41, 5.74) is 0.294. The van der Waals surface area contributed by atoms with E-state index in [0.29, 0.717) is 12.1 Å². The van der Waals surface area contributed by atoms with Crippen LogP contribution in [0.2, 0.25) is 0 Å². The number of carbonyl (C=O) groups is 3. The molecule has 0 N–H and O–H groups in total. The minimum absolute atomic E-state index is 0.0716. The Balaban J connectivity index is 2.17. The van der Waals surface area contributed by atoms with Gasteiger partial charge in [0.05, 0.1) is 16.3 Å². The summed E-state index contributed by atoms with van der Waals surface area (Å²) < 4.78 is 24.2. The molecule has 140 valence electrons. The fourth-order valence-electron chi connectivity index (χ4n) is 2.28. The number of rotatable bonds is 6.